The van der Waals surface area contributed by atoms with E-state index in [1.165, 1.54) is 0 Å². The lowest BCUT2D eigenvalue weighted by molar-refractivity contribution is 0.0115. The van der Waals surface area contributed by atoms with Crippen molar-refractivity contribution in [2.45, 2.75) is 18.9 Å². The van der Waals surface area contributed by atoms with Crippen LogP contribution in [0.1, 0.15) is 12.0 Å². The number of halogens is 3. The SMILES string of the molecule is FC1(F)CCN(Cc2cccnc2Cl)C1. The first-order valence-electron chi connectivity index (χ1n) is 4.76. The number of alkyl halides is 2. The largest absolute Gasteiger partial charge is 0.293 e. The molecule has 1 saturated heterocycles. The fourth-order valence-electron chi connectivity index (χ4n) is 1.72. The molecule has 2 nitrogen and oxygen atoms in total. The quantitative estimate of drug-likeness (QED) is 0.729. The van der Waals surface area contributed by atoms with Crippen LogP contribution in [0, 0.1) is 0 Å². The molecule has 0 aromatic carbocycles. The summed E-state index contributed by atoms with van der Waals surface area (Å²) >= 11 is 5.85. The number of rotatable bonds is 2. The molecule has 1 fully saturated rings. The third-order valence-corrected chi connectivity index (χ3v) is 2.82. The van der Waals surface area contributed by atoms with E-state index in [2.05, 4.69) is 4.98 Å². The average molecular weight is 233 g/mol. The first-order chi connectivity index (χ1) is 7.07. The number of pyridine rings is 1. The number of likely N-dealkylation sites (tertiary alicyclic amines) is 1. The van der Waals surface area contributed by atoms with Gasteiger partial charge in [0.25, 0.3) is 5.92 Å². The highest BCUT2D eigenvalue weighted by Gasteiger charge is 2.38. The van der Waals surface area contributed by atoms with Crippen LogP contribution in [0.4, 0.5) is 8.78 Å². The van der Waals surface area contributed by atoms with Crippen molar-refractivity contribution in [1.82, 2.24) is 9.88 Å². The van der Waals surface area contributed by atoms with Gasteiger partial charge in [0.2, 0.25) is 0 Å². The number of nitrogens with zero attached hydrogens (tertiary/aromatic N) is 2. The minimum Gasteiger partial charge on any atom is -0.293 e. The van der Waals surface area contributed by atoms with Crippen LogP contribution in [-0.2, 0) is 6.54 Å². The van der Waals surface area contributed by atoms with Crippen molar-refractivity contribution < 1.29 is 8.78 Å². The van der Waals surface area contributed by atoms with E-state index >= 15 is 0 Å². The topological polar surface area (TPSA) is 16.1 Å². The van der Waals surface area contributed by atoms with Crippen molar-refractivity contribution >= 4 is 11.6 Å². The molecule has 1 aromatic rings. The van der Waals surface area contributed by atoms with Gasteiger partial charge in [0.1, 0.15) is 5.15 Å². The zero-order valence-electron chi connectivity index (χ0n) is 8.09. The van der Waals surface area contributed by atoms with Crippen molar-refractivity contribution in [1.29, 1.82) is 0 Å². The van der Waals surface area contributed by atoms with Crippen molar-refractivity contribution in [3.63, 3.8) is 0 Å². The van der Waals surface area contributed by atoms with E-state index in [4.69, 9.17) is 11.6 Å². The van der Waals surface area contributed by atoms with Crippen molar-refractivity contribution in [2.75, 3.05) is 13.1 Å². The third kappa shape index (κ3) is 2.63. The zero-order valence-corrected chi connectivity index (χ0v) is 8.84. The summed E-state index contributed by atoms with van der Waals surface area (Å²) in [6.07, 6.45) is 1.52. The molecule has 0 aliphatic carbocycles. The van der Waals surface area contributed by atoms with Crippen LogP contribution >= 0.6 is 11.6 Å². The second-order valence-electron chi connectivity index (χ2n) is 3.77. The lowest BCUT2D eigenvalue weighted by atomic mass is 10.3. The molecule has 0 unspecified atom stereocenters. The fourth-order valence-corrected chi connectivity index (χ4v) is 1.90. The van der Waals surface area contributed by atoms with Gasteiger partial charge in [-0.05, 0) is 6.07 Å². The highest BCUT2D eigenvalue weighted by Crippen LogP contribution is 2.28. The summed E-state index contributed by atoms with van der Waals surface area (Å²) in [6, 6.07) is 3.57. The Labute approximate surface area is 91.9 Å². The fraction of sp³-hybridized carbons (Fsp3) is 0.500. The van der Waals surface area contributed by atoms with Crippen LogP contribution < -0.4 is 0 Å². The molecule has 1 aliphatic rings. The number of hydrogen-bond acceptors (Lipinski definition) is 2. The maximum atomic E-state index is 12.9. The van der Waals surface area contributed by atoms with E-state index in [9.17, 15) is 8.78 Å². The molecular formula is C10H11ClF2N2. The molecule has 0 atom stereocenters. The highest BCUT2D eigenvalue weighted by molar-refractivity contribution is 6.30. The summed E-state index contributed by atoms with van der Waals surface area (Å²) in [5, 5.41) is 0.396. The lowest BCUT2D eigenvalue weighted by Crippen LogP contribution is -2.25. The zero-order chi connectivity index (χ0) is 10.9. The molecule has 82 valence electrons. The third-order valence-electron chi connectivity index (χ3n) is 2.48. The normalized spacial score (nSPS) is 20.7. The summed E-state index contributed by atoms with van der Waals surface area (Å²) < 4.78 is 25.8. The van der Waals surface area contributed by atoms with E-state index in [1.807, 2.05) is 6.07 Å². The van der Waals surface area contributed by atoms with E-state index in [-0.39, 0.29) is 13.0 Å². The number of hydrogen-bond donors (Lipinski definition) is 0. The first-order valence-corrected chi connectivity index (χ1v) is 5.14. The number of aromatic nitrogens is 1. The van der Waals surface area contributed by atoms with Crippen LogP contribution in [-0.4, -0.2) is 28.9 Å². The Morgan fingerprint density at radius 2 is 2.33 bits per heavy atom. The van der Waals surface area contributed by atoms with E-state index in [0.717, 1.165) is 5.56 Å². The first kappa shape index (κ1) is 10.8. The molecule has 2 heterocycles. The lowest BCUT2D eigenvalue weighted by Gasteiger charge is -2.15. The van der Waals surface area contributed by atoms with Gasteiger partial charge in [-0.1, -0.05) is 17.7 Å². The summed E-state index contributed by atoms with van der Waals surface area (Å²) in [6.45, 7) is 0.679. The molecular weight excluding hydrogens is 222 g/mol. The van der Waals surface area contributed by atoms with Gasteiger partial charge >= 0.3 is 0 Å². The molecule has 15 heavy (non-hydrogen) atoms. The van der Waals surface area contributed by atoms with E-state index in [1.54, 1.807) is 17.2 Å². The molecule has 0 amide bonds. The van der Waals surface area contributed by atoms with Crippen LogP contribution in [0.3, 0.4) is 0 Å². The standard InChI is InChI=1S/C10H11ClF2N2/c11-9-8(2-1-4-14-9)6-15-5-3-10(12,13)7-15/h1-2,4H,3,5-7H2. The van der Waals surface area contributed by atoms with Gasteiger partial charge in [0.15, 0.2) is 0 Å². The Morgan fingerprint density at radius 3 is 2.93 bits per heavy atom. The summed E-state index contributed by atoms with van der Waals surface area (Å²) in [4.78, 5) is 5.61. The molecule has 0 bridgehead atoms. The molecule has 0 spiro atoms. The van der Waals surface area contributed by atoms with Crippen LogP contribution in [0.5, 0.6) is 0 Å². The smallest absolute Gasteiger partial charge is 0.261 e. The summed E-state index contributed by atoms with van der Waals surface area (Å²) in [7, 11) is 0. The van der Waals surface area contributed by atoms with Gasteiger partial charge in [-0.2, -0.15) is 0 Å². The summed E-state index contributed by atoms with van der Waals surface area (Å²) in [5.41, 5.74) is 0.803. The Bertz CT molecular complexity index is 357. The van der Waals surface area contributed by atoms with Gasteiger partial charge < -0.3 is 0 Å². The predicted molar refractivity (Wildman–Crippen MR) is 54.1 cm³/mol. The highest BCUT2D eigenvalue weighted by atomic mass is 35.5. The molecule has 0 N–H and O–H groups in total. The molecule has 5 heteroatoms. The minimum atomic E-state index is -2.55. The molecule has 1 aromatic heterocycles. The summed E-state index contributed by atoms with van der Waals surface area (Å²) in [5.74, 6) is -2.55. The maximum absolute atomic E-state index is 12.9. The Hall–Kier alpha value is -0.740. The Kier molecular flexibility index (Phi) is 2.89. The second-order valence-corrected chi connectivity index (χ2v) is 4.13. The van der Waals surface area contributed by atoms with E-state index < -0.39 is 5.92 Å². The van der Waals surface area contributed by atoms with Crippen molar-refractivity contribution in [2.24, 2.45) is 0 Å². The van der Waals surface area contributed by atoms with E-state index in [0.29, 0.717) is 18.2 Å². The van der Waals surface area contributed by atoms with Gasteiger partial charge in [0.05, 0.1) is 6.54 Å². The van der Waals surface area contributed by atoms with Gasteiger partial charge in [-0.25, -0.2) is 13.8 Å². The molecule has 2 rings (SSSR count). The monoisotopic (exact) mass is 232 g/mol. The molecule has 0 saturated carbocycles. The Balaban J connectivity index is 2.02. The average Bonchev–Trinajstić information content (AvgIpc) is 2.50. The Morgan fingerprint density at radius 1 is 1.53 bits per heavy atom. The molecule has 0 radical (unpaired) electrons. The maximum Gasteiger partial charge on any atom is 0.261 e. The van der Waals surface area contributed by atoms with Crippen molar-refractivity contribution in [3.8, 4) is 0 Å². The second kappa shape index (κ2) is 4.02. The van der Waals surface area contributed by atoms with Gasteiger partial charge in [0, 0.05) is 31.3 Å². The predicted octanol–water partition coefficient (Wildman–Crippen LogP) is 2.58. The van der Waals surface area contributed by atoms with Crippen molar-refractivity contribution in [3.05, 3.63) is 29.0 Å². The van der Waals surface area contributed by atoms with Gasteiger partial charge in [-0.15, -0.1) is 0 Å². The van der Waals surface area contributed by atoms with Crippen LogP contribution in [0.15, 0.2) is 18.3 Å². The van der Waals surface area contributed by atoms with Crippen LogP contribution in [0.25, 0.3) is 0 Å². The van der Waals surface area contributed by atoms with Crippen LogP contribution in [0.2, 0.25) is 5.15 Å². The molecule has 1 aliphatic heterocycles. The van der Waals surface area contributed by atoms with Gasteiger partial charge in [-0.3, -0.25) is 4.90 Å². The minimum absolute atomic E-state index is 0.0646.